The highest BCUT2D eigenvalue weighted by Crippen LogP contribution is 2.26. The van der Waals surface area contributed by atoms with Gasteiger partial charge in [-0.15, -0.1) is 0 Å². The number of carboxylic acid groups (broad SMARTS) is 1. The normalized spacial score (nSPS) is 20.5. The van der Waals surface area contributed by atoms with Crippen LogP contribution in [0.2, 0.25) is 0 Å². The van der Waals surface area contributed by atoms with Crippen LogP contribution < -0.4 is 4.74 Å². The van der Waals surface area contributed by atoms with Crippen molar-refractivity contribution in [3.05, 3.63) is 29.3 Å². The molecule has 1 N–H and O–H groups in total. The zero-order valence-electron chi connectivity index (χ0n) is 12.3. The van der Waals surface area contributed by atoms with Crippen LogP contribution in [0.15, 0.2) is 18.2 Å². The van der Waals surface area contributed by atoms with Crippen LogP contribution in [-0.2, 0) is 27.2 Å². The molecule has 1 saturated heterocycles. The molecule has 0 radical (unpaired) electrons. The van der Waals surface area contributed by atoms with Gasteiger partial charge in [-0.2, -0.15) is 0 Å². The lowest BCUT2D eigenvalue weighted by molar-refractivity contribution is -0.159. The number of benzene rings is 1. The summed E-state index contributed by atoms with van der Waals surface area (Å²) in [5, 5.41) is 9.13. The van der Waals surface area contributed by atoms with Crippen molar-refractivity contribution >= 4 is 11.9 Å². The lowest BCUT2D eigenvalue weighted by Crippen LogP contribution is -2.53. The molecule has 1 aliphatic heterocycles. The summed E-state index contributed by atoms with van der Waals surface area (Å²) in [4.78, 5) is 24.7. The second-order valence-electron chi connectivity index (χ2n) is 5.59. The van der Waals surface area contributed by atoms with Crippen molar-refractivity contribution in [2.45, 2.75) is 25.3 Å². The van der Waals surface area contributed by atoms with E-state index in [2.05, 4.69) is 0 Å². The molecule has 3 rings (SSSR count). The van der Waals surface area contributed by atoms with Crippen molar-refractivity contribution < 1.29 is 24.2 Å². The number of amides is 1. The number of aliphatic carboxylic acids is 1. The van der Waals surface area contributed by atoms with Crippen LogP contribution in [-0.4, -0.2) is 54.3 Å². The largest absolute Gasteiger partial charge is 0.484 e. The smallest absolute Gasteiger partial charge is 0.328 e. The van der Waals surface area contributed by atoms with Crippen molar-refractivity contribution in [3.8, 4) is 5.75 Å². The third-order valence-electron chi connectivity index (χ3n) is 4.17. The number of carboxylic acids is 1. The summed E-state index contributed by atoms with van der Waals surface area (Å²) < 4.78 is 10.7. The van der Waals surface area contributed by atoms with Gasteiger partial charge in [0.15, 0.2) is 12.6 Å². The van der Waals surface area contributed by atoms with E-state index < -0.39 is 12.0 Å². The minimum atomic E-state index is -1.05. The Morgan fingerprint density at radius 3 is 2.95 bits per heavy atom. The monoisotopic (exact) mass is 305 g/mol. The Labute approximate surface area is 128 Å². The molecule has 0 saturated carbocycles. The molecule has 6 nitrogen and oxygen atoms in total. The standard InChI is InChI=1S/C16H19NO5/c18-15(17-6-7-21-9-14(17)16(19)20)10-22-13-5-4-11-2-1-3-12(11)8-13/h4-5,8,14H,1-3,6-7,9-10H2,(H,19,20)/t14-/m1/s1. The fourth-order valence-corrected chi connectivity index (χ4v) is 2.97. The van der Waals surface area contributed by atoms with E-state index in [1.165, 1.54) is 16.0 Å². The quantitative estimate of drug-likeness (QED) is 0.893. The number of carbonyl (C=O) groups is 2. The fraction of sp³-hybridized carbons (Fsp3) is 0.500. The second kappa shape index (κ2) is 6.36. The Kier molecular flexibility index (Phi) is 4.29. The Bertz CT molecular complexity index is 586. The molecule has 0 aromatic heterocycles. The van der Waals surface area contributed by atoms with Gasteiger partial charge < -0.3 is 19.5 Å². The number of hydrogen-bond acceptors (Lipinski definition) is 4. The number of fused-ring (bicyclic) bond motifs is 1. The van der Waals surface area contributed by atoms with Crippen LogP contribution in [0, 0.1) is 0 Å². The van der Waals surface area contributed by atoms with Gasteiger partial charge >= 0.3 is 5.97 Å². The predicted molar refractivity (Wildman–Crippen MR) is 77.9 cm³/mol. The van der Waals surface area contributed by atoms with Crippen molar-refractivity contribution in [1.82, 2.24) is 4.90 Å². The number of nitrogens with zero attached hydrogens (tertiary/aromatic N) is 1. The molecule has 22 heavy (non-hydrogen) atoms. The van der Waals surface area contributed by atoms with Crippen LogP contribution in [0.25, 0.3) is 0 Å². The van der Waals surface area contributed by atoms with Crippen molar-refractivity contribution in [2.75, 3.05) is 26.4 Å². The highest BCUT2D eigenvalue weighted by Gasteiger charge is 2.32. The molecule has 1 aliphatic carbocycles. The highest BCUT2D eigenvalue weighted by molar-refractivity contribution is 5.84. The number of carbonyl (C=O) groups excluding carboxylic acids is 1. The predicted octanol–water partition coefficient (Wildman–Crippen LogP) is 0.866. The SMILES string of the molecule is O=C(O)[C@H]1COCCN1C(=O)COc1ccc2c(c1)CCC2. The molecular formula is C16H19NO5. The molecule has 1 fully saturated rings. The second-order valence-corrected chi connectivity index (χ2v) is 5.59. The summed E-state index contributed by atoms with van der Waals surface area (Å²) >= 11 is 0. The van der Waals surface area contributed by atoms with Crippen LogP contribution in [0.5, 0.6) is 5.75 Å². The Hall–Kier alpha value is -2.08. The van der Waals surface area contributed by atoms with E-state index in [0.29, 0.717) is 12.4 Å². The van der Waals surface area contributed by atoms with Crippen LogP contribution >= 0.6 is 0 Å². The average molecular weight is 305 g/mol. The fourth-order valence-electron chi connectivity index (χ4n) is 2.97. The van der Waals surface area contributed by atoms with E-state index in [9.17, 15) is 9.59 Å². The van der Waals surface area contributed by atoms with Gasteiger partial charge in [-0.25, -0.2) is 4.79 Å². The van der Waals surface area contributed by atoms with E-state index in [0.717, 1.165) is 19.3 Å². The van der Waals surface area contributed by atoms with Crippen molar-refractivity contribution in [2.24, 2.45) is 0 Å². The van der Waals surface area contributed by atoms with Crippen molar-refractivity contribution in [3.63, 3.8) is 0 Å². The van der Waals surface area contributed by atoms with E-state index >= 15 is 0 Å². The molecule has 1 heterocycles. The summed E-state index contributed by atoms with van der Waals surface area (Å²) in [5.41, 5.74) is 2.62. The van der Waals surface area contributed by atoms with E-state index in [1.807, 2.05) is 18.2 Å². The summed E-state index contributed by atoms with van der Waals surface area (Å²) in [6, 6.07) is 4.95. The Balaban J connectivity index is 1.60. The molecular weight excluding hydrogens is 286 g/mol. The maximum absolute atomic E-state index is 12.2. The van der Waals surface area contributed by atoms with Gasteiger partial charge in [-0.1, -0.05) is 6.07 Å². The number of morpholine rings is 1. The molecule has 6 heteroatoms. The molecule has 0 bridgehead atoms. The average Bonchev–Trinajstić information content (AvgIpc) is 3.00. The molecule has 2 aliphatic rings. The topological polar surface area (TPSA) is 76.1 Å². The number of hydrogen-bond donors (Lipinski definition) is 1. The molecule has 1 aromatic rings. The van der Waals surface area contributed by atoms with E-state index in [-0.39, 0.29) is 25.7 Å². The minimum Gasteiger partial charge on any atom is -0.484 e. The summed E-state index contributed by atoms with van der Waals surface area (Å²) in [6.45, 7) is 0.514. The van der Waals surface area contributed by atoms with Gasteiger partial charge in [0, 0.05) is 6.54 Å². The van der Waals surface area contributed by atoms with Gasteiger partial charge in [0.05, 0.1) is 13.2 Å². The molecule has 1 amide bonds. The first-order valence-corrected chi connectivity index (χ1v) is 7.50. The van der Waals surface area contributed by atoms with Gasteiger partial charge in [-0.3, -0.25) is 4.79 Å². The minimum absolute atomic E-state index is 0.0277. The first-order chi connectivity index (χ1) is 10.6. The lowest BCUT2D eigenvalue weighted by Gasteiger charge is -2.32. The lowest BCUT2D eigenvalue weighted by atomic mass is 10.1. The van der Waals surface area contributed by atoms with Crippen LogP contribution in [0.3, 0.4) is 0 Å². The number of rotatable bonds is 4. The molecule has 0 unspecified atom stereocenters. The summed E-state index contributed by atoms with van der Waals surface area (Å²) in [5.74, 6) is -0.712. The highest BCUT2D eigenvalue weighted by atomic mass is 16.5. The zero-order valence-corrected chi connectivity index (χ0v) is 12.3. The maximum atomic E-state index is 12.2. The first kappa shape index (κ1) is 14.8. The van der Waals surface area contributed by atoms with E-state index in [1.54, 1.807) is 0 Å². The third kappa shape index (κ3) is 3.06. The van der Waals surface area contributed by atoms with Gasteiger partial charge in [0.1, 0.15) is 5.75 Å². The van der Waals surface area contributed by atoms with Gasteiger partial charge in [0.25, 0.3) is 5.91 Å². The molecule has 1 atom stereocenters. The summed E-state index contributed by atoms with van der Waals surface area (Å²) in [6.07, 6.45) is 3.30. The Morgan fingerprint density at radius 2 is 2.14 bits per heavy atom. The van der Waals surface area contributed by atoms with Gasteiger partial charge in [0.2, 0.25) is 0 Å². The maximum Gasteiger partial charge on any atom is 0.328 e. The third-order valence-corrected chi connectivity index (χ3v) is 4.17. The van der Waals surface area contributed by atoms with Gasteiger partial charge in [-0.05, 0) is 42.5 Å². The molecule has 0 spiro atoms. The number of ether oxygens (including phenoxy) is 2. The number of aryl methyl sites for hydroxylation is 2. The first-order valence-electron chi connectivity index (χ1n) is 7.50. The summed E-state index contributed by atoms with van der Waals surface area (Å²) in [7, 11) is 0. The molecule has 1 aromatic carbocycles. The molecule has 118 valence electrons. The van der Waals surface area contributed by atoms with Crippen molar-refractivity contribution in [1.29, 1.82) is 0 Å². The zero-order chi connectivity index (χ0) is 15.5. The van der Waals surface area contributed by atoms with E-state index in [4.69, 9.17) is 14.6 Å². The Morgan fingerprint density at radius 1 is 1.32 bits per heavy atom. The van der Waals surface area contributed by atoms with Crippen LogP contribution in [0.4, 0.5) is 0 Å². The van der Waals surface area contributed by atoms with Crippen LogP contribution in [0.1, 0.15) is 17.5 Å².